The summed E-state index contributed by atoms with van der Waals surface area (Å²) in [5, 5.41) is 3.23. The smallest absolute Gasteiger partial charge is 0.129 e. The lowest BCUT2D eigenvalue weighted by atomic mass is 9.99. The Hall–Kier alpha value is -0.410. The van der Waals surface area contributed by atoms with E-state index in [4.69, 9.17) is 0 Å². The van der Waals surface area contributed by atoms with Crippen molar-refractivity contribution in [2.45, 2.75) is 57.9 Å². The van der Waals surface area contributed by atoms with E-state index in [2.05, 4.69) is 28.2 Å². The third-order valence-corrected chi connectivity index (χ3v) is 4.03. The highest BCUT2D eigenvalue weighted by molar-refractivity contribution is 9.10. The summed E-state index contributed by atoms with van der Waals surface area (Å²) in [6.45, 7) is 2.23. The highest BCUT2D eigenvalue weighted by Gasteiger charge is 2.13. The second kappa shape index (κ2) is 9.49. The Morgan fingerprint density at radius 3 is 2.47 bits per heavy atom. The Kier molecular flexibility index (Phi) is 8.31. The number of hydrogen-bond donors (Lipinski definition) is 1. The third kappa shape index (κ3) is 6.05. The quantitative estimate of drug-likeness (QED) is 0.581. The van der Waals surface area contributed by atoms with E-state index in [1.165, 1.54) is 32.1 Å². The van der Waals surface area contributed by atoms with E-state index in [0.717, 1.165) is 22.9 Å². The molecule has 1 aromatic carbocycles. The highest BCUT2D eigenvalue weighted by atomic mass is 79.9. The molecule has 1 N–H and O–H groups in total. The Bertz CT molecular complexity index is 368. The summed E-state index contributed by atoms with van der Waals surface area (Å²) in [5.74, 6) is -0.125. The van der Waals surface area contributed by atoms with Gasteiger partial charge in [-0.15, -0.1) is 0 Å². The molecule has 1 nitrogen and oxygen atoms in total. The van der Waals surface area contributed by atoms with Gasteiger partial charge in [-0.3, -0.25) is 0 Å². The number of unbranched alkanes of at least 4 members (excludes halogenated alkanes) is 5. The van der Waals surface area contributed by atoms with Crippen LogP contribution in [0.4, 0.5) is 4.39 Å². The van der Waals surface area contributed by atoms with Gasteiger partial charge in [0.2, 0.25) is 0 Å². The van der Waals surface area contributed by atoms with Crippen molar-refractivity contribution in [2.24, 2.45) is 0 Å². The standard InChI is InChI=1S/C16H25BrFN/c1-3-4-5-6-7-8-9-16(19-2)14-11-10-13(17)12-15(14)18/h10-12,16,19H,3-9H2,1-2H3. The van der Waals surface area contributed by atoms with Crippen molar-refractivity contribution in [1.29, 1.82) is 0 Å². The van der Waals surface area contributed by atoms with Crippen LogP contribution in [-0.4, -0.2) is 7.05 Å². The van der Waals surface area contributed by atoms with E-state index >= 15 is 0 Å². The third-order valence-electron chi connectivity index (χ3n) is 3.53. The van der Waals surface area contributed by atoms with Gasteiger partial charge in [0.15, 0.2) is 0 Å². The summed E-state index contributed by atoms with van der Waals surface area (Å²) < 4.78 is 14.7. The lowest BCUT2D eigenvalue weighted by Gasteiger charge is -2.17. The predicted octanol–water partition coefficient (Wildman–Crippen LogP) is 5.60. The summed E-state index contributed by atoms with van der Waals surface area (Å²) in [7, 11) is 1.91. The molecule has 3 heteroatoms. The van der Waals surface area contributed by atoms with Crippen LogP contribution in [0.25, 0.3) is 0 Å². The topological polar surface area (TPSA) is 12.0 Å². The molecule has 0 saturated carbocycles. The Morgan fingerprint density at radius 2 is 1.84 bits per heavy atom. The van der Waals surface area contributed by atoms with E-state index in [0.29, 0.717) is 0 Å². The molecule has 0 spiro atoms. The summed E-state index contributed by atoms with van der Waals surface area (Å²) in [4.78, 5) is 0. The molecule has 0 radical (unpaired) electrons. The van der Waals surface area contributed by atoms with Crippen molar-refractivity contribution in [2.75, 3.05) is 7.05 Å². The van der Waals surface area contributed by atoms with Crippen molar-refractivity contribution in [3.05, 3.63) is 34.1 Å². The van der Waals surface area contributed by atoms with Crippen LogP contribution in [0.2, 0.25) is 0 Å². The van der Waals surface area contributed by atoms with E-state index in [-0.39, 0.29) is 11.9 Å². The number of halogens is 2. The Labute approximate surface area is 125 Å². The van der Waals surface area contributed by atoms with Crippen molar-refractivity contribution < 1.29 is 4.39 Å². The van der Waals surface area contributed by atoms with Gasteiger partial charge in [0.05, 0.1) is 0 Å². The zero-order valence-corrected chi connectivity index (χ0v) is 13.6. The van der Waals surface area contributed by atoms with E-state index < -0.39 is 0 Å². The Balaban J connectivity index is 2.40. The minimum atomic E-state index is -0.125. The molecule has 19 heavy (non-hydrogen) atoms. The number of hydrogen-bond acceptors (Lipinski definition) is 1. The maximum atomic E-state index is 13.9. The number of nitrogens with one attached hydrogen (secondary N) is 1. The van der Waals surface area contributed by atoms with Crippen LogP contribution in [0.15, 0.2) is 22.7 Å². The van der Waals surface area contributed by atoms with Gasteiger partial charge in [0.1, 0.15) is 5.82 Å². The van der Waals surface area contributed by atoms with Crippen molar-refractivity contribution >= 4 is 15.9 Å². The molecule has 1 atom stereocenters. The lowest BCUT2D eigenvalue weighted by molar-refractivity contribution is 0.476. The summed E-state index contributed by atoms with van der Waals surface area (Å²) >= 11 is 3.29. The second-order valence-electron chi connectivity index (χ2n) is 5.06. The maximum Gasteiger partial charge on any atom is 0.129 e. The molecule has 1 unspecified atom stereocenters. The van der Waals surface area contributed by atoms with Crippen molar-refractivity contribution in [3.63, 3.8) is 0 Å². The first-order valence-corrected chi connectivity index (χ1v) is 8.10. The normalized spacial score (nSPS) is 12.6. The minimum Gasteiger partial charge on any atom is -0.313 e. The molecule has 108 valence electrons. The van der Waals surface area contributed by atoms with Crippen LogP contribution >= 0.6 is 15.9 Å². The molecule has 1 rings (SSSR count). The first-order chi connectivity index (χ1) is 9.19. The molecular formula is C16H25BrFN. The molecule has 0 saturated heterocycles. The van der Waals surface area contributed by atoms with Crippen molar-refractivity contribution in [3.8, 4) is 0 Å². The van der Waals surface area contributed by atoms with Crippen LogP contribution in [0.5, 0.6) is 0 Å². The number of rotatable bonds is 9. The SMILES string of the molecule is CCCCCCCCC(NC)c1ccc(Br)cc1F. The fourth-order valence-electron chi connectivity index (χ4n) is 2.37. The van der Waals surface area contributed by atoms with Gasteiger partial charge in [0, 0.05) is 16.1 Å². The highest BCUT2D eigenvalue weighted by Crippen LogP contribution is 2.25. The predicted molar refractivity (Wildman–Crippen MR) is 83.9 cm³/mol. The monoisotopic (exact) mass is 329 g/mol. The summed E-state index contributed by atoms with van der Waals surface area (Å²) in [6.07, 6.45) is 8.64. The van der Waals surface area contributed by atoms with Crippen LogP contribution in [0, 0.1) is 5.82 Å². The van der Waals surface area contributed by atoms with E-state index in [9.17, 15) is 4.39 Å². The molecule has 0 fully saturated rings. The van der Waals surface area contributed by atoms with Crippen LogP contribution in [0.3, 0.4) is 0 Å². The molecule has 0 aliphatic heterocycles. The van der Waals surface area contributed by atoms with Gasteiger partial charge in [0.25, 0.3) is 0 Å². The first kappa shape index (κ1) is 16.6. The second-order valence-corrected chi connectivity index (χ2v) is 5.98. The van der Waals surface area contributed by atoms with Crippen molar-refractivity contribution in [1.82, 2.24) is 5.32 Å². The van der Waals surface area contributed by atoms with E-state index in [1.54, 1.807) is 6.07 Å². The zero-order valence-electron chi connectivity index (χ0n) is 12.0. The van der Waals surface area contributed by atoms with Crippen LogP contribution in [0.1, 0.15) is 63.5 Å². The van der Waals surface area contributed by atoms with Gasteiger partial charge in [-0.25, -0.2) is 4.39 Å². The maximum absolute atomic E-state index is 13.9. The molecule has 1 aromatic rings. The largest absolute Gasteiger partial charge is 0.313 e. The average molecular weight is 330 g/mol. The van der Waals surface area contributed by atoms with Gasteiger partial charge in [-0.05, 0) is 25.6 Å². The van der Waals surface area contributed by atoms with E-state index in [1.807, 2.05) is 19.2 Å². The molecular weight excluding hydrogens is 305 g/mol. The van der Waals surface area contributed by atoms with Gasteiger partial charge < -0.3 is 5.32 Å². The number of benzene rings is 1. The zero-order chi connectivity index (χ0) is 14.1. The Morgan fingerprint density at radius 1 is 1.16 bits per heavy atom. The van der Waals surface area contributed by atoms with Gasteiger partial charge in [-0.1, -0.05) is 67.4 Å². The first-order valence-electron chi connectivity index (χ1n) is 7.31. The fraction of sp³-hybridized carbons (Fsp3) is 0.625. The molecule has 0 aromatic heterocycles. The molecule has 0 amide bonds. The summed E-state index contributed by atoms with van der Waals surface area (Å²) in [6, 6.07) is 5.45. The molecule has 0 aliphatic rings. The molecule has 0 bridgehead atoms. The summed E-state index contributed by atoms with van der Waals surface area (Å²) in [5.41, 5.74) is 0.777. The average Bonchev–Trinajstić information content (AvgIpc) is 2.39. The van der Waals surface area contributed by atoms with Crippen LogP contribution in [-0.2, 0) is 0 Å². The van der Waals surface area contributed by atoms with Gasteiger partial charge >= 0.3 is 0 Å². The lowest BCUT2D eigenvalue weighted by Crippen LogP contribution is -2.17. The molecule has 0 heterocycles. The minimum absolute atomic E-state index is 0.124. The molecule has 0 aliphatic carbocycles. The fourth-order valence-corrected chi connectivity index (χ4v) is 2.70. The van der Waals surface area contributed by atoms with Crippen LogP contribution < -0.4 is 5.32 Å². The van der Waals surface area contributed by atoms with Gasteiger partial charge in [-0.2, -0.15) is 0 Å².